The molecular weight excluding hydrogens is 297 g/mol. The topological polar surface area (TPSA) is 63.1 Å². The van der Waals surface area contributed by atoms with E-state index in [0.717, 1.165) is 36.6 Å². The van der Waals surface area contributed by atoms with Crippen LogP contribution in [0.15, 0.2) is 18.2 Å². The van der Waals surface area contributed by atoms with Crippen molar-refractivity contribution in [2.75, 3.05) is 7.05 Å². The second-order valence-corrected chi connectivity index (χ2v) is 5.89. The third-order valence-electron chi connectivity index (χ3n) is 4.08. The van der Waals surface area contributed by atoms with E-state index in [1.54, 1.807) is 31.0 Å². The van der Waals surface area contributed by atoms with Gasteiger partial charge in [-0.3, -0.25) is 0 Å². The number of amides is 2. The molecule has 0 spiro atoms. The summed E-state index contributed by atoms with van der Waals surface area (Å²) in [5.41, 5.74) is 1.44. The van der Waals surface area contributed by atoms with Crippen LogP contribution in [0.5, 0.6) is 0 Å². The number of carbonyl (C=O) groups is 1. The molecule has 23 heavy (non-hydrogen) atoms. The molecule has 122 valence electrons. The van der Waals surface area contributed by atoms with Crippen LogP contribution in [0, 0.1) is 12.7 Å². The van der Waals surface area contributed by atoms with Crippen molar-refractivity contribution >= 4 is 6.03 Å². The first-order chi connectivity index (χ1) is 11.0. The van der Waals surface area contributed by atoms with Crippen LogP contribution in [0.3, 0.4) is 0 Å². The molecule has 0 radical (unpaired) electrons. The lowest BCUT2D eigenvalue weighted by Gasteiger charge is -2.17. The van der Waals surface area contributed by atoms with Crippen LogP contribution in [-0.4, -0.2) is 32.7 Å². The molecule has 1 aromatic carbocycles. The number of nitrogens with one attached hydrogen (secondary N) is 1. The number of fused-ring (bicyclic) bond motifs is 1. The van der Waals surface area contributed by atoms with Crippen LogP contribution in [0.1, 0.15) is 29.2 Å². The number of aromatic nitrogens is 3. The average molecular weight is 317 g/mol. The highest BCUT2D eigenvalue weighted by Crippen LogP contribution is 2.15. The molecule has 1 aromatic heterocycles. The molecule has 3 rings (SSSR count). The van der Waals surface area contributed by atoms with Crippen molar-refractivity contribution < 1.29 is 9.18 Å². The molecule has 0 saturated carbocycles. The van der Waals surface area contributed by atoms with Crippen LogP contribution in [0.25, 0.3) is 0 Å². The number of halogens is 1. The second-order valence-electron chi connectivity index (χ2n) is 5.89. The molecule has 0 saturated heterocycles. The molecule has 1 N–H and O–H groups in total. The van der Waals surface area contributed by atoms with Gasteiger partial charge in [-0.15, -0.1) is 10.2 Å². The van der Waals surface area contributed by atoms with E-state index in [-0.39, 0.29) is 11.8 Å². The first kappa shape index (κ1) is 15.5. The van der Waals surface area contributed by atoms with E-state index in [1.165, 1.54) is 6.07 Å². The summed E-state index contributed by atoms with van der Waals surface area (Å²) in [5.74, 6) is 1.57. The van der Waals surface area contributed by atoms with Crippen LogP contribution in [0.2, 0.25) is 0 Å². The van der Waals surface area contributed by atoms with Crippen molar-refractivity contribution in [2.24, 2.45) is 0 Å². The SMILES string of the molecule is Cc1cc(CNC(=O)N(C)Cc2nnc3n2CCC3)ccc1F. The summed E-state index contributed by atoms with van der Waals surface area (Å²) in [4.78, 5) is 13.8. The number of nitrogens with zero attached hydrogens (tertiary/aromatic N) is 4. The summed E-state index contributed by atoms with van der Waals surface area (Å²) < 4.78 is 15.3. The lowest BCUT2D eigenvalue weighted by atomic mass is 10.1. The van der Waals surface area contributed by atoms with Crippen molar-refractivity contribution in [3.05, 3.63) is 46.8 Å². The normalized spacial score (nSPS) is 13.0. The standard InChI is InChI=1S/C16H20FN5O/c1-11-8-12(5-6-13(11)17)9-18-16(23)21(2)10-15-20-19-14-4-3-7-22(14)15/h5-6,8H,3-4,7,9-10H2,1-2H3,(H,18,23). The largest absolute Gasteiger partial charge is 0.334 e. The first-order valence-electron chi connectivity index (χ1n) is 7.69. The molecular formula is C16H20FN5O. The maximum Gasteiger partial charge on any atom is 0.317 e. The van der Waals surface area contributed by atoms with Gasteiger partial charge in [-0.25, -0.2) is 9.18 Å². The molecule has 1 aliphatic heterocycles. The second kappa shape index (κ2) is 6.36. The fourth-order valence-corrected chi connectivity index (χ4v) is 2.74. The lowest BCUT2D eigenvalue weighted by molar-refractivity contribution is 0.204. The van der Waals surface area contributed by atoms with Gasteiger partial charge in [0.05, 0.1) is 6.54 Å². The van der Waals surface area contributed by atoms with E-state index in [0.29, 0.717) is 18.7 Å². The lowest BCUT2D eigenvalue weighted by Crippen LogP contribution is -2.37. The Morgan fingerprint density at radius 1 is 1.43 bits per heavy atom. The van der Waals surface area contributed by atoms with Crippen LogP contribution < -0.4 is 5.32 Å². The monoisotopic (exact) mass is 317 g/mol. The van der Waals surface area contributed by atoms with Gasteiger partial charge < -0.3 is 14.8 Å². The van der Waals surface area contributed by atoms with E-state index >= 15 is 0 Å². The molecule has 6 nitrogen and oxygen atoms in total. The summed E-state index contributed by atoms with van der Waals surface area (Å²) in [6.07, 6.45) is 2.03. The minimum Gasteiger partial charge on any atom is -0.334 e. The number of rotatable bonds is 4. The van der Waals surface area contributed by atoms with Gasteiger partial charge in [0.15, 0.2) is 5.82 Å². The number of aryl methyl sites for hydroxylation is 2. The Kier molecular flexibility index (Phi) is 4.27. The molecule has 0 atom stereocenters. The van der Waals surface area contributed by atoms with Crippen LogP contribution in [-0.2, 0) is 26.1 Å². The number of hydrogen-bond acceptors (Lipinski definition) is 3. The number of benzene rings is 1. The Morgan fingerprint density at radius 3 is 3.04 bits per heavy atom. The van der Waals surface area contributed by atoms with Gasteiger partial charge >= 0.3 is 6.03 Å². The molecule has 2 aromatic rings. The zero-order valence-electron chi connectivity index (χ0n) is 13.3. The van der Waals surface area contributed by atoms with E-state index in [4.69, 9.17) is 0 Å². The molecule has 2 amide bonds. The molecule has 0 aliphatic carbocycles. The van der Waals surface area contributed by atoms with Crippen molar-refractivity contribution in [1.82, 2.24) is 25.0 Å². The Hall–Kier alpha value is -2.44. The maximum absolute atomic E-state index is 13.2. The van der Waals surface area contributed by atoms with Gasteiger partial charge in [-0.05, 0) is 30.5 Å². The van der Waals surface area contributed by atoms with Crippen LogP contribution in [0.4, 0.5) is 9.18 Å². The van der Waals surface area contributed by atoms with Crippen molar-refractivity contribution in [3.8, 4) is 0 Å². The minimum absolute atomic E-state index is 0.192. The fraction of sp³-hybridized carbons (Fsp3) is 0.438. The summed E-state index contributed by atoms with van der Waals surface area (Å²) in [5, 5.41) is 11.1. The predicted molar refractivity (Wildman–Crippen MR) is 83.2 cm³/mol. The van der Waals surface area contributed by atoms with Crippen LogP contribution >= 0.6 is 0 Å². The average Bonchev–Trinajstić information content (AvgIpc) is 3.13. The van der Waals surface area contributed by atoms with E-state index in [9.17, 15) is 9.18 Å². The third-order valence-corrected chi connectivity index (χ3v) is 4.08. The number of urea groups is 1. The van der Waals surface area contributed by atoms with Gasteiger partial charge in [-0.2, -0.15) is 0 Å². The quantitative estimate of drug-likeness (QED) is 0.938. The van der Waals surface area contributed by atoms with Gasteiger partial charge in [0, 0.05) is 26.6 Å². The van der Waals surface area contributed by atoms with Gasteiger partial charge in [-0.1, -0.05) is 12.1 Å². The highest BCUT2D eigenvalue weighted by molar-refractivity contribution is 5.73. The maximum atomic E-state index is 13.2. The van der Waals surface area contributed by atoms with Gasteiger partial charge in [0.25, 0.3) is 0 Å². The molecule has 0 bridgehead atoms. The Labute approximate surface area is 134 Å². The zero-order chi connectivity index (χ0) is 16.4. The van der Waals surface area contributed by atoms with Crippen molar-refractivity contribution in [1.29, 1.82) is 0 Å². The summed E-state index contributed by atoms with van der Waals surface area (Å²) in [6.45, 7) is 3.41. The van der Waals surface area contributed by atoms with Crippen molar-refractivity contribution in [3.63, 3.8) is 0 Å². The molecule has 0 fully saturated rings. The zero-order valence-corrected chi connectivity index (χ0v) is 13.3. The van der Waals surface area contributed by atoms with E-state index in [1.807, 2.05) is 0 Å². The molecule has 2 heterocycles. The third kappa shape index (κ3) is 3.33. The first-order valence-corrected chi connectivity index (χ1v) is 7.69. The van der Waals surface area contributed by atoms with Gasteiger partial charge in [0.1, 0.15) is 11.6 Å². The summed E-state index contributed by atoms with van der Waals surface area (Å²) in [6, 6.07) is 4.64. The summed E-state index contributed by atoms with van der Waals surface area (Å²) in [7, 11) is 1.72. The number of carbonyl (C=O) groups excluding carboxylic acids is 1. The highest BCUT2D eigenvalue weighted by atomic mass is 19.1. The smallest absolute Gasteiger partial charge is 0.317 e. The van der Waals surface area contributed by atoms with E-state index in [2.05, 4.69) is 20.1 Å². The summed E-state index contributed by atoms with van der Waals surface area (Å²) >= 11 is 0. The highest BCUT2D eigenvalue weighted by Gasteiger charge is 2.19. The molecule has 7 heteroatoms. The fourth-order valence-electron chi connectivity index (χ4n) is 2.74. The van der Waals surface area contributed by atoms with Gasteiger partial charge in [0.2, 0.25) is 0 Å². The number of hydrogen-bond donors (Lipinski definition) is 1. The Balaban J connectivity index is 1.56. The van der Waals surface area contributed by atoms with Crippen molar-refractivity contribution in [2.45, 2.75) is 39.4 Å². The predicted octanol–water partition coefficient (Wildman–Crippen LogP) is 2.01. The molecule has 1 aliphatic rings. The minimum atomic E-state index is -0.238. The Morgan fingerprint density at radius 2 is 2.26 bits per heavy atom. The molecule has 0 unspecified atom stereocenters. The van der Waals surface area contributed by atoms with E-state index < -0.39 is 0 Å². The Bertz CT molecular complexity index is 727.